The monoisotopic (exact) mass is 281 g/mol. The largest absolute Gasteiger partial charge is 0.355 e. The van der Waals surface area contributed by atoms with Crippen LogP contribution in [0.4, 0.5) is 5.82 Å². The van der Waals surface area contributed by atoms with Gasteiger partial charge in [0.05, 0.1) is 5.02 Å². The molecule has 1 N–H and O–H groups in total. The zero-order valence-electron chi connectivity index (χ0n) is 12.0. The van der Waals surface area contributed by atoms with E-state index in [0.717, 1.165) is 42.0 Å². The minimum absolute atomic E-state index is 0.779. The molecule has 2 rings (SSSR count). The fourth-order valence-electron chi connectivity index (χ4n) is 2.85. The number of halogens is 1. The molecule has 3 nitrogen and oxygen atoms in total. The van der Waals surface area contributed by atoms with Crippen molar-refractivity contribution < 1.29 is 0 Å². The van der Waals surface area contributed by atoms with Crippen molar-refractivity contribution in [3.8, 4) is 0 Å². The number of pyridine rings is 1. The lowest BCUT2D eigenvalue weighted by molar-refractivity contribution is 0.377. The first kappa shape index (κ1) is 14.6. The third kappa shape index (κ3) is 3.83. The Kier molecular flexibility index (Phi) is 5.46. The topological polar surface area (TPSA) is 28.2 Å². The molecule has 0 unspecified atom stereocenters. The van der Waals surface area contributed by atoms with Gasteiger partial charge in [0.25, 0.3) is 0 Å². The van der Waals surface area contributed by atoms with Gasteiger partial charge in [0.2, 0.25) is 0 Å². The third-order valence-electron chi connectivity index (χ3n) is 3.87. The fraction of sp³-hybridized carbons (Fsp3) is 0.667. The van der Waals surface area contributed by atoms with Gasteiger partial charge in [-0.1, -0.05) is 31.4 Å². The highest BCUT2D eigenvalue weighted by molar-refractivity contribution is 6.33. The van der Waals surface area contributed by atoms with Crippen molar-refractivity contribution in [1.82, 2.24) is 10.3 Å². The second-order valence-electron chi connectivity index (χ2n) is 5.40. The van der Waals surface area contributed by atoms with Crippen LogP contribution in [0.1, 0.15) is 38.2 Å². The second kappa shape index (κ2) is 7.11. The van der Waals surface area contributed by atoms with Crippen LogP contribution >= 0.6 is 11.6 Å². The van der Waals surface area contributed by atoms with Crippen LogP contribution in [0.25, 0.3) is 0 Å². The molecule has 1 saturated heterocycles. The summed E-state index contributed by atoms with van der Waals surface area (Å²) in [4.78, 5) is 6.88. The van der Waals surface area contributed by atoms with Gasteiger partial charge in [-0.3, -0.25) is 0 Å². The summed E-state index contributed by atoms with van der Waals surface area (Å²) in [6.45, 7) is 5.25. The predicted molar refractivity (Wildman–Crippen MR) is 81.9 cm³/mol. The average Bonchev–Trinajstić information content (AvgIpc) is 2.41. The van der Waals surface area contributed by atoms with Crippen LogP contribution in [0.2, 0.25) is 5.02 Å². The number of nitrogens with zero attached hydrogens (tertiary/aromatic N) is 2. The predicted octanol–water partition coefficient (Wildman–Crippen LogP) is 3.47. The van der Waals surface area contributed by atoms with Crippen molar-refractivity contribution in [2.75, 3.05) is 25.0 Å². The highest BCUT2D eigenvalue weighted by Gasteiger charge is 2.21. The van der Waals surface area contributed by atoms with E-state index in [4.69, 9.17) is 11.6 Å². The van der Waals surface area contributed by atoms with Crippen molar-refractivity contribution in [2.45, 2.75) is 39.2 Å². The van der Waals surface area contributed by atoms with E-state index in [9.17, 15) is 0 Å². The van der Waals surface area contributed by atoms with E-state index in [1.165, 1.54) is 25.7 Å². The summed E-state index contributed by atoms with van der Waals surface area (Å²) >= 11 is 6.36. The SMILES string of the molecule is CCCC1CCN(c2ncc(CNC)cc2Cl)CC1. The molecule has 0 aromatic carbocycles. The maximum atomic E-state index is 6.36. The van der Waals surface area contributed by atoms with Crippen molar-refractivity contribution in [2.24, 2.45) is 5.92 Å². The van der Waals surface area contributed by atoms with Crippen LogP contribution in [-0.2, 0) is 6.54 Å². The number of hydrogen-bond donors (Lipinski definition) is 1. The summed E-state index contributed by atoms with van der Waals surface area (Å²) in [5, 5.41) is 3.90. The third-order valence-corrected chi connectivity index (χ3v) is 4.15. The van der Waals surface area contributed by atoms with Gasteiger partial charge < -0.3 is 10.2 Å². The van der Waals surface area contributed by atoms with Crippen LogP contribution in [-0.4, -0.2) is 25.1 Å². The highest BCUT2D eigenvalue weighted by atomic mass is 35.5. The molecule has 1 aromatic rings. The molecule has 4 heteroatoms. The molecule has 0 bridgehead atoms. The number of piperidine rings is 1. The molecule has 0 amide bonds. The molecule has 1 fully saturated rings. The zero-order valence-corrected chi connectivity index (χ0v) is 12.7. The molecule has 0 atom stereocenters. The first-order valence-corrected chi connectivity index (χ1v) is 7.66. The first-order chi connectivity index (χ1) is 9.24. The Morgan fingerprint density at radius 2 is 2.16 bits per heavy atom. The number of rotatable bonds is 5. The molecule has 1 aliphatic rings. The molecule has 0 spiro atoms. The summed E-state index contributed by atoms with van der Waals surface area (Å²) in [5.74, 6) is 1.85. The Morgan fingerprint density at radius 1 is 1.42 bits per heavy atom. The maximum Gasteiger partial charge on any atom is 0.147 e. The molecule has 19 heavy (non-hydrogen) atoms. The molecule has 0 radical (unpaired) electrons. The second-order valence-corrected chi connectivity index (χ2v) is 5.81. The Hall–Kier alpha value is -0.800. The molecule has 1 aromatic heterocycles. The molecule has 106 valence electrons. The van der Waals surface area contributed by atoms with E-state index in [2.05, 4.69) is 22.1 Å². The molecule has 1 aliphatic heterocycles. The van der Waals surface area contributed by atoms with E-state index in [1.807, 2.05) is 19.3 Å². The number of nitrogens with one attached hydrogen (secondary N) is 1. The van der Waals surface area contributed by atoms with Crippen molar-refractivity contribution in [3.63, 3.8) is 0 Å². The number of anilines is 1. The standard InChI is InChI=1S/C15H24ClN3/c1-3-4-12-5-7-19(8-6-12)15-14(16)9-13(10-17-2)11-18-15/h9,11-12,17H,3-8,10H2,1-2H3. The summed E-state index contributed by atoms with van der Waals surface area (Å²) in [7, 11) is 1.93. The lowest BCUT2D eigenvalue weighted by Crippen LogP contribution is -2.34. The van der Waals surface area contributed by atoms with Gasteiger partial charge in [-0.2, -0.15) is 0 Å². The lowest BCUT2D eigenvalue weighted by atomic mass is 9.92. The van der Waals surface area contributed by atoms with Crippen LogP contribution in [0.15, 0.2) is 12.3 Å². The molecule has 2 heterocycles. The van der Waals surface area contributed by atoms with E-state index in [0.29, 0.717) is 0 Å². The van der Waals surface area contributed by atoms with Crippen LogP contribution in [0.5, 0.6) is 0 Å². The van der Waals surface area contributed by atoms with E-state index in [-0.39, 0.29) is 0 Å². The summed E-state index contributed by atoms with van der Waals surface area (Å²) in [6, 6.07) is 2.03. The first-order valence-electron chi connectivity index (χ1n) is 7.28. The summed E-state index contributed by atoms with van der Waals surface area (Å²) < 4.78 is 0. The van der Waals surface area contributed by atoms with E-state index < -0.39 is 0 Å². The van der Waals surface area contributed by atoms with Crippen LogP contribution < -0.4 is 10.2 Å². The van der Waals surface area contributed by atoms with Crippen molar-refractivity contribution in [1.29, 1.82) is 0 Å². The van der Waals surface area contributed by atoms with Gasteiger partial charge in [-0.15, -0.1) is 0 Å². The van der Waals surface area contributed by atoms with Crippen molar-refractivity contribution >= 4 is 17.4 Å². The average molecular weight is 282 g/mol. The summed E-state index contributed by atoms with van der Waals surface area (Å²) in [5.41, 5.74) is 1.14. The Morgan fingerprint density at radius 3 is 2.74 bits per heavy atom. The molecule has 0 saturated carbocycles. The van der Waals surface area contributed by atoms with Gasteiger partial charge in [0.1, 0.15) is 5.82 Å². The maximum absolute atomic E-state index is 6.36. The van der Waals surface area contributed by atoms with E-state index in [1.54, 1.807) is 0 Å². The Labute approximate surface area is 121 Å². The Balaban J connectivity index is 1.99. The van der Waals surface area contributed by atoms with E-state index >= 15 is 0 Å². The van der Waals surface area contributed by atoms with Gasteiger partial charge in [-0.05, 0) is 37.4 Å². The van der Waals surface area contributed by atoms with Gasteiger partial charge in [-0.25, -0.2) is 4.98 Å². The smallest absolute Gasteiger partial charge is 0.147 e. The van der Waals surface area contributed by atoms with Gasteiger partial charge >= 0.3 is 0 Å². The van der Waals surface area contributed by atoms with Gasteiger partial charge in [0.15, 0.2) is 0 Å². The molecular weight excluding hydrogens is 258 g/mol. The quantitative estimate of drug-likeness (QED) is 0.896. The van der Waals surface area contributed by atoms with Gasteiger partial charge in [0, 0.05) is 25.8 Å². The van der Waals surface area contributed by atoms with Crippen molar-refractivity contribution in [3.05, 3.63) is 22.8 Å². The minimum Gasteiger partial charge on any atom is -0.355 e. The Bertz CT molecular complexity index is 400. The molecular formula is C15H24ClN3. The minimum atomic E-state index is 0.779. The number of aromatic nitrogens is 1. The fourth-order valence-corrected chi connectivity index (χ4v) is 3.15. The molecule has 0 aliphatic carbocycles. The highest BCUT2D eigenvalue weighted by Crippen LogP contribution is 2.29. The lowest BCUT2D eigenvalue weighted by Gasteiger charge is -2.33. The summed E-state index contributed by atoms with van der Waals surface area (Å²) in [6.07, 6.45) is 7.11. The number of hydrogen-bond acceptors (Lipinski definition) is 3. The normalized spacial score (nSPS) is 16.9. The van der Waals surface area contributed by atoms with Crippen LogP contribution in [0, 0.1) is 5.92 Å². The zero-order chi connectivity index (χ0) is 13.7. The van der Waals surface area contributed by atoms with Crippen LogP contribution in [0.3, 0.4) is 0 Å².